The lowest BCUT2D eigenvalue weighted by Crippen LogP contribution is -2.31. The second kappa shape index (κ2) is 9.59. The largest absolute Gasteiger partial charge is 0.482 e. The molecule has 2 aromatic heterocycles. The SMILES string of the molecule is CC(Oc1cc2cc(F)cc(F)c2nc1N1C(=O)c2ccccc2C1=O)c1cc(C(=O)O)c(F)cc1-n1cccn1. The van der Waals surface area contributed by atoms with Gasteiger partial charge in [0.1, 0.15) is 23.3 Å². The molecular weight excluding hydrogens is 541 g/mol. The van der Waals surface area contributed by atoms with Crippen LogP contribution in [0.4, 0.5) is 19.0 Å². The fourth-order valence-corrected chi connectivity index (χ4v) is 4.74. The molecule has 0 aliphatic carbocycles. The summed E-state index contributed by atoms with van der Waals surface area (Å²) in [7, 11) is 0. The van der Waals surface area contributed by atoms with Crippen molar-refractivity contribution in [2.24, 2.45) is 0 Å². The highest BCUT2D eigenvalue weighted by Gasteiger charge is 2.39. The van der Waals surface area contributed by atoms with Crippen molar-refractivity contribution >= 4 is 34.5 Å². The molecule has 0 bridgehead atoms. The number of hydrogen-bond acceptors (Lipinski definition) is 6. The van der Waals surface area contributed by atoms with Crippen molar-refractivity contribution in [3.63, 3.8) is 0 Å². The van der Waals surface area contributed by atoms with Crippen molar-refractivity contribution in [1.29, 1.82) is 0 Å². The Labute approximate surface area is 229 Å². The maximum Gasteiger partial charge on any atom is 0.338 e. The number of benzene rings is 3. The van der Waals surface area contributed by atoms with Crippen LogP contribution in [0, 0.1) is 17.5 Å². The predicted molar refractivity (Wildman–Crippen MR) is 139 cm³/mol. The number of rotatable bonds is 6. The van der Waals surface area contributed by atoms with Crippen LogP contribution in [-0.4, -0.2) is 37.7 Å². The zero-order valence-corrected chi connectivity index (χ0v) is 21.0. The van der Waals surface area contributed by atoms with Gasteiger partial charge in [-0.3, -0.25) is 9.59 Å². The summed E-state index contributed by atoms with van der Waals surface area (Å²) in [6.45, 7) is 1.51. The number of fused-ring (bicyclic) bond motifs is 2. The van der Waals surface area contributed by atoms with Crippen LogP contribution in [0.5, 0.6) is 5.75 Å². The fraction of sp³-hybridized carbons (Fsp3) is 0.0690. The lowest BCUT2D eigenvalue weighted by Gasteiger charge is -2.23. The lowest BCUT2D eigenvalue weighted by atomic mass is 10.0. The molecule has 0 fully saturated rings. The zero-order valence-electron chi connectivity index (χ0n) is 21.0. The van der Waals surface area contributed by atoms with E-state index in [-0.39, 0.29) is 44.8 Å². The van der Waals surface area contributed by atoms with Crippen LogP contribution in [0.3, 0.4) is 0 Å². The fourth-order valence-electron chi connectivity index (χ4n) is 4.74. The summed E-state index contributed by atoms with van der Waals surface area (Å²) in [6, 6.07) is 12.6. The third kappa shape index (κ3) is 4.25. The van der Waals surface area contributed by atoms with Gasteiger partial charge in [-0.05, 0) is 43.3 Å². The van der Waals surface area contributed by atoms with Crippen molar-refractivity contribution in [2.45, 2.75) is 13.0 Å². The Morgan fingerprint density at radius 2 is 1.66 bits per heavy atom. The molecule has 1 aliphatic rings. The highest BCUT2D eigenvalue weighted by Crippen LogP contribution is 2.39. The molecule has 1 unspecified atom stereocenters. The summed E-state index contributed by atoms with van der Waals surface area (Å²) in [6.07, 6.45) is 1.88. The number of carbonyl (C=O) groups is 3. The second-order valence-corrected chi connectivity index (χ2v) is 9.17. The normalized spacial score (nSPS) is 13.5. The number of anilines is 1. The molecule has 1 atom stereocenters. The number of halogens is 3. The Hall–Kier alpha value is -5.52. The van der Waals surface area contributed by atoms with Gasteiger partial charge in [-0.15, -0.1) is 0 Å². The Morgan fingerprint density at radius 3 is 2.29 bits per heavy atom. The first-order chi connectivity index (χ1) is 19.6. The summed E-state index contributed by atoms with van der Waals surface area (Å²) >= 11 is 0. The molecule has 3 aromatic carbocycles. The third-order valence-corrected chi connectivity index (χ3v) is 6.63. The van der Waals surface area contributed by atoms with Gasteiger partial charge in [-0.25, -0.2) is 32.5 Å². The van der Waals surface area contributed by atoms with E-state index in [1.807, 2.05) is 0 Å². The van der Waals surface area contributed by atoms with Crippen LogP contribution in [-0.2, 0) is 0 Å². The predicted octanol–water partition coefficient (Wildman–Crippen LogP) is 5.48. The Kier molecular flexibility index (Phi) is 6.02. The molecule has 3 heterocycles. The maximum absolute atomic E-state index is 14.8. The molecule has 0 spiro atoms. The number of imide groups is 1. The highest BCUT2D eigenvalue weighted by atomic mass is 19.1. The standard InChI is InChI=1S/C29H17F3N4O5/c1-14(19-12-20(29(39)40)21(31)13-23(19)35-8-4-7-33-35)41-24-10-15-9-16(30)11-22(32)25(15)34-26(24)36-27(37)17-5-2-3-6-18(17)28(36)38/h2-14H,1H3,(H,39,40). The monoisotopic (exact) mass is 558 g/mol. The summed E-state index contributed by atoms with van der Waals surface area (Å²) in [5.41, 5.74) is -0.422. The van der Waals surface area contributed by atoms with Gasteiger partial charge < -0.3 is 9.84 Å². The number of carboxylic acids is 1. The minimum absolute atomic E-state index is 0.0253. The second-order valence-electron chi connectivity index (χ2n) is 9.17. The van der Waals surface area contributed by atoms with Crippen molar-refractivity contribution in [1.82, 2.24) is 14.8 Å². The van der Waals surface area contributed by atoms with Crippen LogP contribution in [0.25, 0.3) is 16.6 Å². The Balaban J connectivity index is 1.52. The van der Waals surface area contributed by atoms with Crippen LogP contribution in [0.2, 0.25) is 0 Å². The van der Waals surface area contributed by atoms with Crippen molar-refractivity contribution in [3.8, 4) is 11.4 Å². The number of carbonyl (C=O) groups excluding carboxylic acids is 2. The summed E-state index contributed by atoms with van der Waals surface area (Å²) < 4.78 is 51.0. The van der Waals surface area contributed by atoms with Gasteiger partial charge in [0.05, 0.1) is 22.4 Å². The summed E-state index contributed by atoms with van der Waals surface area (Å²) in [4.78, 5) is 43.2. The molecule has 12 heteroatoms. The van der Waals surface area contributed by atoms with Gasteiger partial charge in [-0.1, -0.05) is 12.1 Å². The number of amides is 2. The van der Waals surface area contributed by atoms with E-state index in [0.29, 0.717) is 6.07 Å². The molecular formula is C29H17F3N4O5. The van der Waals surface area contributed by atoms with Crippen LogP contribution in [0.1, 0.15) is 49.7 Å². The summed E-state index contributed by atoms with van der Waals surface area (Å²) in [5, 5.41) is 13.6. The first kappa shape index (κ1) is 25.7. The topological polar surface area (TPSA) is 115 Å². The summed E-state index contributed by atoms with van der Waals surface area (Å²) in [5.74, 6) is -6.48. The quantitative estimate of drug-likeness (QED) is 0.275. The van der Waals surface area contributed by atoms with Gasteiger partial charge in [-0.2, -0.15) is 5.10 Å². The molecule has 41 heavy (non-hydrogen) atoms. The molecule has 6 rings (SSSR count). The van der Waals surface area contributed by atoms with E-state index in [0.717, 1.165) is 23.1 Å². The van der Waals surface area contributed by atoms with E-state index in [9.17, 15) is 32.7 Å². The van der Waals surface area contributed by atoms with E-state index in [2.05, 4.69) is 10.1 Å². The average molecular weight is 558 g/mol. The van der Waals surface area contributed by atoms with E-state index in [4.69, 9.17) is 4.74 Å². The number of hydrogen-bond donors (Lipinski definition) is 1. The third-order valence-electron chi connectivity index (χ3n) is 6.63. The number of aromatic carboxylic acids is 1. The number of aromatic nitrogens is 3. The molecule has 1 aliphatic heterocycles. The molecule has 2 amide bonds. The van der Waals surface area contributed by atoms with Gasteiger partial charge in [0, 0.05) is 35.5 Å². The number of ether oxygens (including phenoxy) is 1. The smallest absolute Gasteiger partial charge is 0.338 e. The highest BCUT2D eigenvalue weighted by molar-refractivity contribution is 6.34. The Bertz CT molecular complexity index is 1870. The minimum Gasteiger partial charge on any atom is -0.482 e. The van der Waals surface area contributed by atoms with Gasteiger partial charge >= 0.3 is 5.97 Å². The van der Waals surface area contributed by atoms with Crippen LogP contribution >= 0.6 is 0 Å². The van der Waals surface area contributed by atoms with E-state index in [1.54, 1.807) is 18.2 Å². The van der Waals surface area contributed by atoms with E-state index < -0.39 is 46.9 Å². The van der Waals surface area contributed by atoms with Crippen LogP contribution in [0.15, 0.2) is 73.1 Å². The maximum atomic E-state index is 14.8. The molecule has 0 saturated heterocycles. The van der Waals surface area contributed by atoms with E-state index in [1.165, 1.54) is 42.2 Å². The van der Waals surface area contributed by atoms with Crippen LogP contribution < -0.4 is 9.64 Å². The molecule has 9 nitrogen and oxygen atoms in total. The number of nitrogens with zero attached hydrogens (tertiary/aromatic N) is 4. The average Bonchev–Trinajstić information content (AvgIpc) is 3.55. The van der Waals surface area contributed by atoms with Gasteiger partial charge in [0.2, 0.25) is 0 Å². The van der Waals surface area contributed by atoms with Crippen molar-refractivity contribution < 1.29 is 37.4 Å². The number of pyridine rings is 1. The van der Waals surface area contributed by atoms with Gasteiger partial charge in [0.15, 0.2) is 17.4 Å². The lowest BCUT2D eigenvalue weighted by molar-refractivity contribution is 0.0690. The first-order valence-corrected chi connectivity index (χ1v) is 12.1. The molecule has 1 N–H and O–H groups in total. The molecule has 5 aromatic rings. The molecule has 0 radical (unpaired) electrons. The van der Waals surface area contributed by atoms with Crippen molar-refractivity contribution in [3.05, 3.63) is 113 Å². The first-order valence-electron chi connectivity index (χ1n) is 12.1. The molecule has 204 valence electrons. The molecule has 0 saturated carbocycles. The number of carboxylic acid groups (broad SMARTS) is 1. The minimum atomic E-state index is -1.52. The van der Waals surface area contributed by atoms with Crippen molar-refractivity contribution in [2.75, 3.05) is 4.90 Å². The van der Waals surface area contributed by atoms with Gasteiger partial charge in [0.25, 0.3) is 11.8 Å². The van der Waals surface area contributed by atoms with E-state index >= 15 is 0 Å². The zero-order chi connectivity index (χ0) is 29.0. The Morgan fingerprint density at radius 1 is 0.951 bits per heavy atom.